The molecule has 9 heteroatoms. The highest BCUT2D eigenvalue weighted by Gasteiger charge is 2.05. The summed E-state index contributed by atoms with van der Waals surface area (Å²) in [6, 6.07) is 10.1. The summed E-state index contributed by atoms with van der Waals surface area (Å²) in [5.41, 5.74) is 1.78. The molecule has 0 aliphatic carbocycles. The minimum atomic E-state index is -1.07. The maximum atomic E-state index is 10.7. The molecule has 0 amide bonds. The van der Waals surface area contributed by atoms with Gasteiger partial charge in [0.2, 0.25) is 0 Å². The van der Waals surface area contributed by atoms with Crippen LogP contribution in [0.3, 0.4) is 0 Å². The van der Waals surface area contributed by atoms with Crippen molar-refractivity contribution in [3.63, 3.8) is 0 Å². The van der Waals surface area contributed by atoms with E-state index >= 15 is 0 Å². The lowest BCUT2D eigenvalue weighted by Gasteiger charge is -2.11. The van der Waals surface area contributed by atoms with Gasteiger partial charge in [-0.2, -0.15) is 0 Å². The molecule has 33 heavy (non-hydrogen) atoms. The van der Waals surface area contributed by atoms with Crippen molar-refractivity contribution in [3.05, 3.63) is 65.2 Å². The molecule has 0 heterocycles. The van der Waals surface area contributed by atoms with E-state index in [9.17, 15) is 14.7 Å². The van der Waals surface area contributed by atoms with Gasteiger partial charge < -0.3 is 34.3 Å². The standard InChI is InChI=1S/C24H26O9/c1-30-22-15-21(7-3-18(22)5-9-24(28)29)33-13-11-31-10-12-32-20-6-2-17(4-8-23(26)27)19(14-20)16-25/h2-9,14-15,25H,10-13,16H2,1H3,(H,26,27)(H,28,29)/b8-4+,9-5+. The van der Waals surface area contributed by atoms with Crippen molar-refractivity contribution in [1.29, 1.82) is 0 Å². The number of rotatable bonds is 14. The SMILES string of the molecule is COc1cc(OCCOCCOc2ccc(/C=C/C(=O)O)c(CO)c2)ccc1/C=C/C(=O)O. The van der Waals surface area contributed by atoms with E-state index in [0.29, 0.717) is 53.8 Å². The number of carboxylic acid groups (broad SMARTS) is 2. The molecule has 0 spiro atoms. The fourth-order valence-corrected chi connectivity index (χ4v) is 2.75. The summed E-state index contributed by atoms with van der Waals surface area (Å²) in [7, 11) is 1.49. The predicted molar refractivity (Wildman–Crippen MR) is 121 cm³/mol. The van der Waals surface area contributed by atoms with Gasteiger partial charge in [0.25, 0.3) is 0 Å². The Balaban J connectivity index is 1.73. The van der Waals surface area contributed by atoms with Crippen LogP contribution in [0.15, 0.2) is 48.6 Å². The Bertz CT molecular complexity index is 916. The lowest BCUT2D eigenvalue weighted by atomic mass is 10.1. The van der Waals surface area contributed by atoms with Crippen molar-refractivity contribution in [2.75, 3.05) is 33.5 Å². The van der Waals surface area contributed by atoms with Crippen LogP contribution in [0.5, 0.6) is 17.2 Å². The summed E-state index contributed by atoms with van der Waals surface area (Å²) >= 11 is 0. The van der Waals surface area contributed by atoms with Gasteiger partial charge >= 0.3 is 11.9 Å². The van der Waals surface area contributed by atoms with Crippen LogP contribution in [0.4, 0.5) is 0 Å². The number of aliphatic carboxylic acids is 2. The van der Waals surface area contributed by atoms with E-state index < -0.39 is 11.9 Å². The van der Waals surface area contributed by atoms with Crippen molar-refractivity contribution in [3.8, 4) is 17.2 Å². The Labute approximate surface area is 191 Å². The summed E-state index contributed by atoms with van der Waals surface area (Å²) in [6.45, 7) is 0.986. The number of benzene rings is 2. The van der Waals surface area contributed by atoms with E-state index in [-0.39, 0.29) is 13.2 Å². The second kappa shape index (κ2) is 13.6. The molecule has 0 aliphatic rings. The lowest BCUT2D eigenvalue weighted by Crippen LogP contribution is -2.12. The fourth-order valence-electron chi connectivity index (χ4n) is 2.75. The van der Waals surface area contributed by atoms with Gasteiger partial charge in [0.1, 0.15) is 30.5 Å². The molecule has 0 aromatic heterocycles. The quantitative estimate of drug-likeness (QED) is 0.289. The Morgan fingerprint density at radius 2 is 1.36 bits per heavy atom. The zero-order chi connectivity index (χ0) is 24.1. The summed E-state index contributed by atoms with van der Waals surface area (Å²) in [6.07, 6.45) is 4.89. The van der Waals surface area contributed by atoms with E-state index in [1.54, 1.807) is 36.4 Å². The highest BCUT2D eigenvalue weighted by molar-refractivity contribution is 5.86. The van der Waals surface area contributed by atoms with Crippen LogP contribution < -0.4 is 14.2 Å². The first-order chi connectivity index (χ1) is 15.9. The van der Waals surface area contributed by atoms with Crippen molar-refractivity contribution in [2.24, 2.45) is 0 Å². The van der Waals surface area contributed by atoms with Crippen LogP contribution in [0, 0.1) is 0 Å². The molecule has 2 aromatic rings. The first-order valence-electron chi connectivity index (χ1n) is 10.00. The van der Waals surface area contributed by atoms with Crippen molar-refractivity contribution >= 4 is 24.1 Å². The predicted octanol–water partition coefficient (Wildman–Crippen LogP) is 2.86. The molecule has 0 unspecified atom stereocenters. The highest BCUT2D eigenvalue weighted by Crippen LogP contribution is 2.26. The number of carbonyl (C=O) groups is 2. The van der Waals surface area contributed by atoms with Gasteiger partial charge in [-0.05, 0) is 47.5 Å². The number of methoxy groups -OCH3 is 1. The average molecular weight is 458 g/mol. The molecular weight excluding hydrogens is 432 g/mol. The summed E-state index contributed by atoms with van der Waals surface area (Å²) in [5, 5.41) is 26.9. The number of ether oxygens (including phenoxy) is 4. The van der Waals surface area contributed by atoms with E-state index in [1.165, 1.54) is 19.3 Å². The molecule has 0 atom stereocenters. The zero-order valence-electron chi connectivity index (χ0n) is 18.1. The van der Waals surface area contributed by atoms with Crippen molar-refractivity contribution < 1.29 is 43.9 Å². The number of carboxylic acids is 2. The maximum absolute atomic E-state index is 10.7. The molecule has 2 aromatic carbocycles. The molecule has 0 aliphatic heterocycles. The molecular formula is C24H26O9. The van der Waals surface area contributed by atoms with Crippen LogP contribution in [0.2, 0.25) is 0 Å². The average Bonchev–Trinajstić information content (AvgIpc) is 2.81. The lowest BCUT2D eigenvalue weighted by molar-refractivity contribution is -0.132. The summed E-state index contributed by atoms with van der Waals surface area (Å²) < 4.78 is 21.9. The van der Waals surface area contributed by atoms with E-state index in [2.05, 4.69) is 0 Å². The smallest absolute Gasteiger partial charge is 0.328 e. The zero-order valence-corrected chi connectivity index (χ0v) is 18.1. The monoisotopic (exact) mass is 458 g/mol. The van der Waals surface area contributed by atoms with Crippen molar-refractivity contribution in [1.82, 2.24) is 0 Å². The number of hydrogen-bond donors (Lipinski definition) is 3. The molecule has 9 nitrogen and oxygen atoms in total. The second-order valence-corrected chi connectivity index (χ2v) is 6.57. The first kappa shape index (κ1) is 25.4. The van der Waals surface area contributed by atoms with Crippen molar-refractivity contribution in [2.45, 2.75) is 6.61 Å². The van der Waals surface area contributed by atoms with Gasteiger partial charge in [0, 0.05) is 23.8 Å². The largest absolute Gasteiger partial charge is 0.496 e. The molecule has 3 N–H and O–H groups in total. The van der Waals surface area contributed by atoms with Gasteiger partial charge in [-0.1, -0.05) is 6.07 Å². The first-order valence-corrected chi connectivity index (χ1v) is 10.00. The molecule has 0 bridgehead atoms. The van der Waals surface area contributed by atoms with Gasteiger partial charge in [-0.15, -0.1) is 0 Å². The van der Waals surface area contributed by atoms with Gasteiger partial charge in [-0.3, -0.25) is 0 Å². The summed E-state index contributed by atoms with van der Waals surface area (Å²) in [4.78, 5) is 21.3. The van der Waals surface area contributed by atoms with E-state index in [4.69, 9.17) is 29.2 Å². The van der Waals surface area contributed by atoms with Crippen LogP contribution >= 0.6 is 0 Å². The molecule has 2 rings (SSSR count). The molecule has 0 radical (unpaired) electrons. The Morgan fingerprint density at radius 1 is 0.818 bits per heavy atom. The Morgan fingerprint density at radius 3 is 1.91 bits per heavy atom. The maximum Gasteiger partial charge on any atom is 0.328 e. The number of aliphatic hydroxyl groups excluding tert-OH is 1. The Kier molecular flexibility index (Phi) is 10.5. The van der Waals surface area contributed by atoms with E-state index in [0.717, 1.165) is 12.2 Å². The highest BCUT2D eigenvalue weighted by atomic mass is 16.5. The number of aliphatic hydroxyl groups is 1. The fraction of sp³-hybridized carbons (Fsp3) is 0.250. The minimum absolute atomic E-state index is 0.244. The third kappa shape index (κ3) is 9.06. The Hall–Kier alpha value is -3.82. The molecule has 0 fully saturated rings. The van der Waals surface area contributed by atoms with Gasteiger partial charge in [0.05, 0.1) is 26.9 Å². The molecule has 176 valence electrons. The normalized spacial score (nSPS) is 11.1. The summed E-state index contributed by atoms with van der Waals surface area (Å²) in [5.74, 6) is -0.518. The van der Waals surface area contributed by atoms with Crippen LogP contribution in [-0.4, -0.2) is 60.8 Å². The van der Waals surface area contributed by atoms with Crippen LogP contribution in [0.1, 0.15) is 16.7 Å². The number of hydrogen-bond acceptors (Lipinski definition) is 7. The minimum Gasteiger partial charge on any atom is -0.496 e. The van der Waals surface area contributed by atoms with Gasteiger partial charge in [-0.25, -0.2) is 9.59 Å². The van der Waals surface area contributed by atoms with Crippen LogP contribution in [-0.2, 0) is 20.9 Å². The molecule has 0 saturated heterocycles. The molecule has 0 saturated carbocycles. The van der Waals surface area contributed by atoms with E-state index in [1.807, 2.05) is 0 Å². The topological polar surface area (TPSA) is 132 Å². The second-order valence-electron chi connectivity index (χ2n) is 6.57. The van der Waals surface area contributed by atoms with Gasteiger partial charge in [0.15, 0.2) is 0 Å². The third-order valence-corrected chi connectivity index (χ3v) is 4.29. The third-order valence-electron chi connectivity index (χ3n) is 4.29. The van der Waals surface area contributed by atoms with Crippen LogP contribution in [0.25, 0.3) is 12.2 Å².